The molecule has 1 amide bonds. The molecule has 0 unspecified atom stereocenters. The molecule has 7 nitrogen and oxygen atoms in total. The molecular weight excluding hydrogens is 393 g/mol. The van der Waals surface area contributed by atoms with Crippen LogP contribution < -0.4 is 5.32 Å². The number of nitro benzene ring substituents is 1. The number of nitrogens with zero attached hydrogens (tertiary/aromatic N) is 1. The Balaban J connectivity index is 2.17. The lowest BCUT2D eigenvalue weighted by atomic mass is 10.0. The largest absolute Gasteiger partial charge is 0.462 e. The van der Waals surface area contributed by atoms with Gasteiger partial charge < -0.3 is 10.1 Å². The van der Waals surface area contributed by atoms with Crippen molar-refractivity contribution in [3.63, 3.8) is 0 Å². The number of carbonyl (C=O) groups is 2. The van der Waals surface area contributed by atoms with E-state index in [-0.39, 0.29) is 36.3 Å². The van der Waals surface area contributed by atoms with Crippen molar-refractivity contribution in [2.45, 2.75) is 25.9 Å². The first-order valence-electron chi connectivity index (χ1n) is 8.54. The zero-order chi connectivity index (χ0) is 21.6. The van der Waals surface area contributed by atoms with Gasteiger partial charge in [0.25, 0.3) is 5.69 Å². The monoisotopic (exact) mass is 410 g/mol. The van der Waals surface area contributed by atoms with Crippen LogP contribution in [-0.4, -0.2) is 23.4 Å². The van der Waals surface area contributed by atoms with Crippen LogP contribution in [0.15, 0.2) is 42.5 Å². The lowest BCUT2D eigenvalue weighted by molar-refractivity contribution is -0.383. The van der Waals surface area contributed by atoms with Crippen molar-refractivity contribution < 1.29 is 32.4 Å². The minimum atomic E-state index is -4.56. The van der Waals surface area contributed by atoms with E-state index < -0.39 is 34.2 Å². The second-order valence-electron chi connectivity index (χ2n) is 5.91. The van der Waals surface area contributed by atoms with Crippen LogP contribution in [0.5, 0.6) is 0 Å². The number of rotatable bonds is 7. The summed E-state index contributed by atoms with van der Waals surface area (Å²) in [5.41, 5.74) is -1.61. The molecule has 154 valence electrons. The number of aryl methyl sites for hydroxylation is 1. The number of hydrogen-bond donors (Lipinski definition) is 1. The minimum Gasteiger partial charge on any atom is -0.462 e. The topological polar surface area (TPSA) is 98.5 Å². The zero-order valence-corrected chi connectivity index (χ0v) is 15.3. The number of alkyl halides is 3. The average Bonchev–Trinajstić information content (AvgIpc) is 2.65. The second-order valence-corrected chi connectivity index (χ2v) is 5.91. The third-order valence-electron chi connectivity index (χ3n) is 3.92. The SMILES string of the molecule is CCOC(=O)c1ccc([N+](=O)[O-])c(NC(=O)CCc2ccccc2C(F)(F)F)c1. The van der Waals surface area contributed by atoms with Gasteiger partial charge in [-0.05, 0) is 37.1 Å². The van der Waals surface area contributed by atoms with Crippen LogP contribution in [0.4, 0.5) is 24.5 Å². The lowest BCUT2D eigenvalue weighted by Gasteiger charge is -2.12. The van der Waals surface area contributed by atoms with Gasteiger partial charge in [-0.25, -0.2) is 4.79 Å². The molecule has 0 saturated carbocycles. The molecule has 0 radical (unpaired) electrons. The van der Waals surface area contributed by atoms with Crippen LogP contribution in [0.25, 0.3) is 0 Å². The van der Waals surface area contributed by atoms with E-state index in [1.165, 1.54) is 24.3 Å². The molecule has 2 aromatic rings. The van der Waals surface area contributed by atoms with Gasteiger partial charge in [-0.1, -0.05) is 18.2 Å². The van der Waals surface area contributed by atoms with Crippen molar-refractivity contribution in [2.75, 3.05) is 11.9 Å². The Labute approximate surface area is 163 Å². The minimum absolute atomic E-state index is 0.00447. The second kappa shape index (κ2) is 9.18. The molecule has 0 saturated heterocycles. The van der Waals surface area contributed by atoms with Crippen LogP contribution in [0.1, 0.15) is 34.8 Å². The number of hydrogen-bond acceptors (Lipinski definition) is 5. The molecule has 0 bridgehead atoms. The number of esters is 1. The first kappa shape index (κ1) is 21.9. The number of carbonyl (C=O) groups excluding carboxylic acids is 2. The molecule has 0 aliphatic heterocycles. The van der Waals surface area contributed by atoms with Crippen LogP contribution in [0.2, 0.25) is 0 Å². The Morgan fingerprint density at radius 2 is 1.86 bits per heavy atom. The Kier molecular flexibility index (Phi) is 6.92. The summed E-state index contributed by atoms with van der Waals surface area (Å²) >= 11 is 0. The summed E-state index contributed by atoms with van der Waals surface area (Å²) in [7, 11) is 0. The molecule has 2 aromatic carbocycles. The van der Waals surface area contributed by atoms with Crippen molar-refractivity contribution in [3.05, 3.63) is 69.3 Å². The van der Waals surface area contributed by atoms with Crippen LogP contribution in [0.3, 0.4) is 0 Å². The molecule has 0 aliphatic rings. The van der Waals surface area contributed by atoms with E-state index in [0.29, 0.717) is 0 Å². The van der Waals surface area contributed by atoms with Gasteiger partial charge in [0, 0.05) is 12.5 Å². The maximum atomic E-state index is 13.0. The summed E-state index contributed by atoms with van der Waals surface area (Å²) in [5, 5.41) is 13.4. The highest BCUT2D eigenvalue weighted by molar-refractivity contribution is 5.97. The normalized spacial score (nSPS) is 11.0. The van der Waals surface area contributed by atoms with E-state index in [1.54, 1.807) is 6.92 Å². The predicted molar refractivity (Wildman–Crippen MR) is 97.4 cm³/mol. The summed E-state index contributed by atoms with van der Waals surface area (Å²) < 4.78 is 43.9. The zero-order valence-electron chi connectivity index (χ0n) is 15.3. The number of ether oxygens (including phenoxy) is 1. The van der Waals surface area contributed by atoms with Gasteiger partial charge >= 0.3 is 12.1 Å². The predicted octanol–water partition coefficient (Wildman–Crippen LogP) is 4.36. The number of benzene rings is 2. The molecule has 10 heteroatoms. The smallest absolute Gasteiger partial charge is 0.416 e. The maximum absolute atomic E-state index is 13.0. The number of nitro groups is 1. The Hall–Kier alpha value is -3.43. The molecule has 0 heterocycles. The van der Waals surface area contributed by atoms with Crippen LogP contribution in [0, 0.1) is 10.1 Å². The number of anilines is 1. The van der Waals surface area contributed by atoms with Gasteiger partial charge in [0.15, 0.2) is 0 Å². The van der Waals surface area contributed by atoms with Gasteiger partial charge in [-0.2, -0.15) is 13.2 Å². The highest BCUT2D eigenvalue weighted by Gasteiger charge is 2.32. The van der Waals surface area contributed by atoms with Gasteiger partial charge in [0.1, 0.15) is 5.69 Å². The molecule has 0 spiro atoms. The summed E-state index contributed by atoms with van der Waals surface area (Å²) in [6.07, 6.45) is -5.11. The maximum Gasteiger partial charge on any atom is 0.416 e. The molecule has 0 aromatic heterocycles. The van der Waals surface area contributed by atoms with Gasteiger partial charge in [0.05, 0.1) is 22.7 Å². The van der Waals surface area contributed by atoms with E-state index in [0.717, 1.165) is 18.2 Å². The molecule has 29 heavy (non-hydrogen) atoms. The lowest BCUT2D eigenvalue weighted by Crippen LogP contribution is -2.16. The van der Waals surface area contributed by atoms with E-state index >= 15 is 0 Å². The Bertz CT molecular complexity index is 928. The highest BCUT2D eigenvalue weighted by Crippen LogP contribution is 2.32. The summed E-state index contributed by atoms with van der Waals surface area (Å²) in [5.74, 6) is -1.46. The molecule has 0 fully saturated rings. The van der Waals surface area contributed by atoms with E-state index in [9.17, 15) is 32.9 Å². The van der Waals surface area contributed by atoms with Gasteiger partial charge in [-0.3, -0.25) is 14.9 Å². The van der Waals surface area contributed by atoms with Crippen molar-refractivity contribution >= 4 is 23.3 Å². The molecule has 0 atom stereocenters. The summed E-state index contributed by atoms with van der Waals surface area (Å²) in [6.45, 7) is 1.68. The molecule has 1 N–H and O–H groups in total. The highest BCUT2D eigenvalue weighted by atomic mass is 19.4. The van der Waals surface area contributed by atoms with Crippen LogP contribution >= 0.6 is 0 Å². The standard InChI is InChI=1S/C19H17F3N2O5/c1-2-29-18(26)13-7-9-16(24(27)28)15(11-13)23-17(25)10-8-12-5-3-4-6-14(12)19(20,21)22/h3-7,9,11H,2,8,10H2,1H3,(H,23,25). The molecule has 2 rings (SSSR count). The van der Waals surface area contributed by atoms with Crippen molar-refractivity contribution in [3.8, 4) is 0 Å². The van der Waals surface area contributed by atoms with E-state index in [1.807, 2.05) is 0 Å². The number of halogens is 3. The molecule has 0 aliphatic carbocycles. The summed E-state index contributed by atoms with van der Waals surface area (Å²) in [6, 6.07) is 8.18. The van der Waals surface area contributed by atoms with Gasteiger partial charge in [0.2, 0.25) is 5.91 Å². The Morgan fingerprint density at radius 3 is 2.48 bits per heavy atom. The summed E-state index contributed by atoms with van der Waals surface area (Å²) in [4.78, 5) is 34.4. The van der Waals surface area contributed by atoms with Crippen molar-refractivity contribution in [2.24, 2.45) is 0 Å². The van der Waals surface area contributed by atoms with Crippen LogP contribution in [-0.2, 0) is 22.1 Å². The fourth-order valence-corrected chi connectivity index (χ4v) is 2.61. The van der Waals surface area contributed by atoms with Crippen molar-refractivity contribution in [1.29, 1.82) is 0 Å². The van der Waals surface area contributed by atoms with E-state index in [4.69, 9.17) is 4.74 Å². The fraction of sp³-hybridized carbons (Fsp3) is 0.263. The fourth-order valence-electron chi connectivity index (χ4n) is 2.61. The third kappa shape index (κ3) is 5.77. The average molecular weight is 410 g/mol. The van der Waals surface area contributed by atoms with Gasteiger partial charge in [-0.15, -0.1) is 0 Å². The van der Waals surface area contributed by atoms with E-state index in [2.05, 4.69) is 5.32 Å². The first-order valence-corrected chi connectivity index (χ1v) is 8.54. The Morgan fingerprint density at radius 1 is 1.17 bits per heavy atom. The first-order chi connectivity index (χ1) is 13.6. The number of amides is 1. The quantitative estimate of drug-likeness (QED) is 0.415. The third-order valence-corrected chi connectivity index (χ3v) is 3.92. The molecular formula is C19H17F3N2O5. The van der Waals surface area contributed by atoms with Crippen molar-refractivity contribution in [1.82, 2.24) is 0 Å². The number of nitrogens with one attached hydrogen (secondary N) is 1.